The summed E-state index contributed by atoms with van der Waals surface area (Å²) in [6, 6.07) is 14.6. The summed E-state index contributed by atoms with van der Waals surface area (Å²) < 4.78 is 40.5. The van der Waals surface area contributed by atoms with Gasteiger partial charge >= 0.3 is 5.97 Å². The summed E-state index contributed by atoms with van der Waals surface area (Å²) in [5.41, 5.74) is 2.46. The smallest absolute Gasteiger partial charge is 0.305 e. The van der Waals surface area contributed by atoms with Crippen molar-refractivity contribution >= 4 is 27.4 Å². The molecule has 0 aliphatic heterocycles. The number of nitrogens with zero attached hydrogens (tertiary/aromatic N) is 3. The molecule has 11 heteroatoms. The summed E-state index contributed by atoms with van der Waals surface area (Å²) in [6.45, 7) is 3.86. The molecule has 3 aromatic rings. The number of hydrogen-bond donors (Lipinski definition) is 3. The third-order valence-corrected chi connectivity index (χ3v) is 6.69. The van der Waals surface area contributed by atoms with Crippen LogP contribution in [-0.2, 0) is 21.1 Å². The van der Waals surface area contributed by atoms with Gasteiger partial charge in [0.15, 0.2) is 9.84 Å². The maximum Gasteiger partial charge on any atom is 0.305 e. The maximum absolute atomic E-state index is 13.7. The lowest BCUT2D eigenvalue weighted by Crippen LogP contribution is -2.28. The second-order valence-electron chi connectivity index (χ2n) is 9.68. The van der Waals surface area contributed by atoms with Crippen LogP contribution in [-0.4, -0.2) is 63.6 Å². The van der Waals surface area contributed by atoms with Gasteiger partial charge in [0.05, 0.1) is 24.3 Å². The molecule has 2 aromatic carbocycles. The third-order valence-electron chi connectivity index (χ3n) is 5.97. The van der Waals surface area contributed by atoms with Crippen molar-refractivity contribution in [1.29, 1.82) is 0 Å². The fraction of sp³-hybridized carbons (Fsp3) is 0.407. The van der Waals surface area contributed by atoms with Crippen LogP contribution in [0.1, 0.15) is 44.8 Å². The number of carboxylic acid groups (broad SMARTS) is 1. The van der Waals surface area contributed by atoms with E-state index >= 15 is 0 Å². The first-order chi connectivity index (χ1) is 17.9. The molecule has 3 N–H and O–H groups in total. The number of aliphatic hydroxyl groups is 2. The van der Waals surface area contributed by atoms with Gasteiger partial charge in [-0.05, 0) is 69.5 Å². The van der Waals surface area contributed by atoms with E-state index < -0.39 is 40.3 Å². The van der Waals surface area contributed by atoms with E-state index in [-0.39, 0.29) is 24.8 Å². The molecule has 0 bridgehead atoms. The minimum absolute atomic E-state index is 0.106. The molecule has 0 unspecified atom stereocenters. The predicted octanol–water partition coefficient (Wildman–Crippen LogP) is 3.93. The summed E-state index contributed by atoms with van der Waals surface area (Å²) >= 11 is 0. The lowest BCUT2D eigenvalue weighted by Gasteiger charge is -2.26. The summed E-state index contributed by atoms with van der Waals surface area (Å²) in [5.74, 6) is -1.51. The van der Waals surface area contributed by atoms with Crippen molar-refractivity contribution < 1.29 is 32.9 Å². The lowest BCUT2D eigenvalue weighted by atomic mass is 10.0. The molecule has 0 saturated carbocycles. The molecule has 0 radical (unpaired) electrons. The fourth-order valence-corrected chi connectivity index (χ4v) is 5.11. The molecule has 1 aromatic heterocycles. The number of aromatic nitrogens is 2. The molecule has 0 saturated heterocycles. The summed E-state index contributed by atoms with van der Waals surface area (Å²) in [4.78, 5) is 17.3. The summed E-state index contributed by atoms with van der Waals surface area (Å²) in [7, 11) is -3.48. The van der Waals surface area contributed by atoms with Crippen molar-refractivity contribution in [3.05, 3.63) is 66.1 Å². The first kappa shape index (κ1) is 29.3. The molecule has 0 fully saturated rings. The number of benzene rings is 2. The van der Waals surface area contributed by atoms with Crippen LogP contribution in [0.25, 0.3) is 11.3 Å². The van der Waals surface area contributed by atoms with Crippen LogP contribution < -0.4 is 4.90 Å². The Morgan fingerprint density at radius 3 is 2.24 bits per heavy atom. The van der Waals surface area contributed by atoms with Gasteiger partial charge in [0.1, 0.15) is 11.7 Å². The Labute approximate surface area is 222 Å². The second-order valence-corrected chi connectivity index (χ2v) is 11.8. The zero-order valence-electron chi connectivity index (χ0n) is 21.7. The highest BCUT2D eigenvalue weighted by molar-refractivity contribution is 7.90. The molecule has 0 aliphatic rings. The first-order valence-electron chi connectivity index (χ1n) is 12.3. The zero-order valence-corrected chi connectivity index (χ0v) is 22.5. The van der Waals surface area contributed by atoms with E-state index in [9.17, 15) is 27.8 Å². The molecule has 1 heterocycles. The SMILES string of the molecule is CC(C)n1c(N(CS(C)(=O)=O)c2ccccc2)nc(-c2ccc(F)cc2)c1CC[C@@H](O)C[C@@H](O)CC(=O)O. The van der Waals surface area contributed by atoms with Gasteiger partial charge in [-0.3, -0.25) is 9.69 Å². The molecule has 9 nitrogen and oxygen atoms in total. The summed E-state index contributed by atoms with van der Waals surface area (Å²) in [6.07, 6.45) is -1.11. The Morgan fingerprint density at radius 1 is 1.05 bits per heavy atom. The van der Waals surface area contributed by atoms with Gasteiger partial charge in [0, 0.05) is 29.2 Å². The Morgan fingerprint density at radius 2 is 1.68 bits per heavy atom. The number of hydrogen-bond acceptors (Lipinski definition) is 7. The summed E-state index contributed by atoms with van der Waals surface area (Å²) in [5, 5.41) is 29.4. The van der Waals surface area contributed by atoms with Crippen molar-refractivity contribution in [2.45, 2.75) is 57.8 Å². The molecular formula is C27H34FN3O6S. The molecule has 0 amide bonds. The highest BCUT2D eigenvalue weighted by Gasteiger charge is 2.27. The van der Waals surface area contributed by atoms with Crippen LogP contribution in [0.5, 0.6) is 0 Å². The largest absolute Gasteiger partial charge is 0.481 e. The standard InChI is InChI=1S/C27H34FN3O6S/c1-18(2)31-24(14-13-22(32)15-23(33)16-25(34)35)26(19-9-11-20(28)12-10-19)29-27(31)30(17-38(3,36)37)21-7-5-4-6-8-21/h4-12,18,22-23,32-33H,13-17H2,1-3H3,(H,34,35)/t22-,23-/m1/s1. The van der Waals surface area contributed by atoms with E-state index in [1.807, 2.05) is 24.5 Å². The molecule has 38 heavy (non-hydrogen) atoms. The second kappa shape index (κ2) is 12.5. The van der Waals surface area contributed by atoms with Gasteiger partial charge in [-0.1, -0.05) is 18.2 Å². The van der Waals surface area contributed by atoms with Crippen LogP contribution in [0.15, 0.2) is 54.6 Å². The Balaban J connectivity index is 2.11. The van der Waals surface area contributed by atoms with Crippen LogP contribution in [0.2, 0.25) is 0 Å². The van der Waals surface area contributed by atoms with Crippen molar-refractivity contribution in [3.63, 3.8) is 0 Å². The molecule has 0 spiro atoms. The molecule has 0 aliphatic carbocycles. The van der Waals surface area contributed by atoms with Crippen molar-refractivity contribution in [2.24, 2.45) is 0 Å². The molecule has 2 atom stereocenters. The number of rotatable bonds is 13. The highest BCUT2D eigenvalue weighted by atomic mass is 32.2. The maximum atomic E-state index is 13.7. The molecule has 3 rings (SSSR count). The lowest BCUT2D eigenvalue weighted by molar-refractivity contribution is -0.139. The Kier molecular flexibility index (Phi) is 9.64. The average molecular weight is 548 g/mol. The number of para-hydroxylation sites is 1. The third kappa shape index (κ3) is 7.86. The fourth-order valence-electron chi connectivity index (χ4n) is 4.37. The zero-order chi connectivity index (χ0) is 28.0. The molecule has 206 valence electrons. The van der Waals surface area contributed by atoms with E-state index in [0.29, 0.717) is 35.0 Å². The first-order valence-corrected chi connectivity index (χ1v) is 14.4. The number of imidazole rings is 1. The van der Waals surface area contributed by atoms with Crippen molar-refractivity contribution in [3.8, 4) is 11.3 Å². The number of sulfone groups is 1. The van der Waals surface area contributed by atoms with Gasteiger partial charge in [-0.15, -0.1) is 0 Å². The normalized spacial score (nSPS) is 13.4. The Bertz CT molecular complexity index is 1330. The van der Waals surface area contributed by atoms with Crippen LogP contribution in [0, 0.1) is 5.82 Å². The number of aliphatic carboxylic acids is 1. The average Bonchev–Trinajstić information content (AvgIpc) is 3.20. The minimum atomic E-state index is -3.48. The van der Waals surface area contributed by atoms with Crippen LogP contribution in [0.3, 0.4) is 0 Å². The topological polar surface area (TPSA) is 133 Å². The van der Waals surface area contributed by atoms with E-state index in [1.165, 1.54) is 12.1 Å². The van der Waals surface area contributed by atoms with E-state index in [2.05, 4.69) is 0 Å². The minimum Gasteiger partial charge on any atom is -0.481 e. The van der Waals surface area contributed by atoms with Gasteiger partial charge in [0.25, 0.3) is 0 Å². The van der Waals surface area contributed by atoms with Gasteiger partial charge in [-0.25, -0.2) is 17.8 Å². The number of carboxylic acids is 1. The number of halogens is 1. The van der Waals surface area contributed by atoms with E-state index in [1.54, 1.807) is 41.3 Å². The van der Waals surface area contributed by atoms with E-state index in [0.717, 1.165) is 6.26 Å². The van der Waals surface area contributed by atoms with Crippen molar-refractivity contribution in [1.82, 2.24) is 9.55 Å². The van der Waals surface area contributed by atoms with Gasteiger partial charge in [0.2, 0.25) is 5.95 Å². The van der Waals surface area contributed by atoms with Crippen LogP contribution in [0.4, 0.5) is 16.0 Å². The van der Waals surface area contributed by atoms with E-state index in [4.69, 9.17) is 10.1 Å². The quantitative estimate of drug-likeness (QED) is 0.293. The van der Waals surface area contributed by atoms with Crippen LogP contribution >= 0.6 is 0 Å². The number of anilines is 2. The van der Waals surface area contributed by atoms with Crippen molar-refractivity contribution in [2.75, 3.05) is 17.0 Å². The highest BCUT2D eigenvalue weighted by Crippen LogP contribution is 2.36. The van der Waals surface area contributed by atoms with Gasteiger partial charge < -0.3 is 19.9 Å². The monoisotopic (exact) mass is 547 g/mol. The predicted molar refractivity (Wildman–Crippen MR) is 144 cm³/mol. The van der Waals surface area contributed by atoms with Gasteiger partial charge in [-0.2, -0.15) is 0 Å². The molecular weight excluding hydrogens is 513 g/mol. The Hall–Kier alpha value is -3.28. The number of carbonyl (C=O) groups is 1. The number of aliphatic hydroxyl groups excluding tert-OH is 2.